The molecule has 1 saturated heterocycles. The summed E-state index contributed by atoms with van der Waals surface area (Å²) >= 11 is 1.74. The SMILES string of the molecule is c1ccc2oc(SC3CCNC3)nc2c1. The summed E-state index contributed by atoms with van der Waals surface area (Å²) in [6.45, 7) is 2.17. The maximum atomic E-state index is 5.65. The fourth-order valence-corrected chi connectivity index (χ4v) is 2.78. The van der Waals surface area contributed by atoms with E-state index in [0.717, 1.165) is 29.4 Å². The highest BCUT2D eigenvalue weighted by Gasteiger charge is 2.18. The highest BCUT2D eigenvalue weighted by Crippen LogP contribution is 2.28. The molecule has 1 aromatic carbocycles. The second kappa shape index (κ2) is 3.87. The molecular formula is C11H12N2OS. The highest BCUT2D eigenvalue weighted by atomic mass is 32.2. The largest absolute Gasteiger partial charge is 0.431 e. The van der Waals surface area contributed by atoms with E-state index in [0.29, 0.717) is 5.25 Å². The fraction of sp³-hybridized carbons (Fsp3) is 0.364. The lowest BCUT2D eigenvalue weighted by Gasteiger charge is -2.01. The van der Waals surface area contributed by atoms with Gasteiger partial charge in [0.05, 0.1) is 0 Å². The Morgan fingerprint density at radius 3 is 3.13 bits per heavy atom. The number of thioether (sulfide) groups is 1. The zero-order valence-corrected chi connectivity index (χ0v) is 9.09. The van der Waals surface area contributed by atoms with E-state index in [1.54, 1.807) is 11.8 Å². The molecule has 0 saturated carbocycles. The maximum absolute atomic E-state index is 5.65. The van der Waals surface area contributed by atoms with Gasteiger partial charge in [0.1, 0.15) is 5.52 Å². The Labute approximate surface area is 92.3 Å². The van der Waals surface area contributed by atoms with Gasteiger partial charge < -0.3 is 9.73 Å². The molecule has 1 aromatic heterocycles. The molecule has 0 amide bonds. The summed E-state index contributed by atoms with van der Waals surface area (Å²) in [4.78, 5) is 4.44. The van der Waals surface area contributed by atoms with Crippen molar-refractivity contribution < 1.29 is 4.42 Å². The molecule has 0 spiro atoms. The Kier molecular flexibility index (Phi) is 2.38. The van der Waals surface area contributed by atoms with E-state index < -0.39 is 0 Å². The predicted molar refractivity (Wildman–Crippen MR) is 61.1 cm³/mol. The molecule has 1 unspecified atom stereocenters. The average molecular weight is 220 g/mol. The second-order valence-corrected chi connectivity index (χ2v) is 4.93. The molecule has 0 radical (unpaired) electrons. The van der Waals surface area contributed by atoms with Crippen LogP contribution in [0.1, 0.15) is 6.42 Å². The van der Waals surface area contributed by atoms with E-state index in [1.165, 1.54) is 6.42 Å². The molecule has 15 heavy (non-hydrogen) atoms. The summed E-state index contributed by atoms with van der Waals surface area (Å²) in [7, 11) is 0. The van der Waals surface area contributed by atoms with E-state index in [2.05, 4.69) is 10.3 Å². The van der Waals surface area contributed by atoms with Crippen molar-refractivity contribution in [3.63, 3.8) is 0 Å². The molecule has 1 N–H and O–H groups in total. The van der Waals surface area contributed by atoms with Crippen LogP contribution in [0.15, 0.2) is 33.9 Å². The van der Waals surface area contributed by atoms with E-state index >= 15 is 0 Å². The molecule has 0 bridgehead atoms. The van der Waals surface area contributed by atoms with Crippen LogP contribution in [0.4, 0.5) is 0 Å². The third-order valence-corrected chi connectivity index (χ3v) is 3.67. The van der Waals surface area contributed by atoms with Crippen LogP contribution in [0, 0.1) is 0 Å². The van der Waals surface area contributed by atoms with Crippen molar-refractivity contribution in [1.82, 2.24) is 10.3 Å². The number of hydrogen-bond acceptors (Lipinski definition) is 4. The van der Waals surface area contributed by atoms with Gasteiger partial charge in [-0.25, -0.2) is 4.98 Å². The highest BCUT2D eigenvalue weighted by molar-refractivity contribution is 7.99. The standard InChI is InChI=1S/C11H12N2OS/c1-2-4-10-9(3-1)13-11(14-10)15-8-5-6-12-7-8/h1-4,8,12H,5-7H2. The van der Waals surface area contributed by atoms with Crippen LogP contribution in [0.25, 0.3) is 11.1 Å². The monoisotopic (exact) mass is 220 g/mol. The van der Waals surface area contributed by atoms with E-state index in [4.69, 9.17) is 4.42 Å². The van der Waals surface area contributed by atoms with Crippen molar-refractivity contribution in [3.05, 3.63) is 24.3 Å². The molecule has 3 rings (SSSR count). The first-order chi connectivity index (χ1) is 7.42. The Morgan fingerprint density at radius 2 is 2.33 bits per heavy atom. The van der Waals surface area contributed by atoms with Gasteiger partial charge in [-0.3, -0.25) is 0 Å². The molecule has 4 heteroatoms. The van der Waals surface area contributed by atoms with Crippen molar-refractivity contribution in [3.8, 4) is 0 Å². The van der Waals surface area contributed by atoms with Gasteiger partial charge in [-0.1, -0.05) is 23.9 Å². The molecule has 1 aliphatic rings. The van der Waals surface area contributed by atoms with Crippen molar-refractivity contribution in [2.45, 2.75) is 16.9 Å². The zero-order valence-electron chi connectivity index (χ0n) is 8.27. The minimum Gasteiger partial charge on any atom is -0.431 e. The smallest absolute Gasteiger partial charge is 0.257 e. The second-order valence-electron chi connectivity index (χ2n) is 3.68. The van der Waals surface area contributed by atoms with Crippen LogP contribution in [0.2, 0.25) is 0 Å². The number of nitrogens with zero attached hydrogens (tertiary/aromatic N) is 1. The van der Waals surface area contributed by atoms with Gasteiger partial charge in [-0.15, -0.1) is 0 Å². The third kappa shape index (κ3) is 1.87. The van der Waals surface area contributed by atoms with Gasteiger partial charge in [0.25, 0.3) is 5.22 Å². The summed E-state index contributed by atoms with van der Waals surface area (Å²) in [5.74, 6) is 0. The van der Waals surface area contributed by atoms with Crippen LogP contribution < -0.4 is 5.32 Å². The summed E-state index contributed by atoms with van der Waals surface area (Å²) in [6.07, 6.45) is 1.20. The number of hydrogen-bond donors (Lipinski definition) is 1. The van der Waals surface area contributed by atoms with Gasteiger partial charge in [-0.05, 0) is 25.1 Å². The molecule has 78 valence electrons. The Morgan fingerprint density at radius 1 is 1.40 bits per heavy atom. The summed E-state index contributed by atoms with van der Waals surface area (Å²) in [5.41, 5.74) is 1.83. The van der Waals surface area contributed by atoms with Crippen LogP contribution in [0.5, 0.6) is 0 Å². The first kappa shape index (κ1) is 9.24. The minimum atomic E-state index is 0.609. The number of nitrogens with one attached hydrogen (secondary N) is 1. The molecule has 2 aromatic rings. The van der Waals surface area contributed by atoms with Gasteiger partial charge in [0.15, 0.2) is 5.58 Å². The Bertz CT molecular complexity index is 429. The van der Waals surface area contributed by atoms with Crippen molar-refractivity contribution >= 4 is 22.9 Å². The molecule has 1 fully saturated rings. The summed E-state index contributed by atoms with van der Waals surface area (Å²) in [6, 6.07) is 7.89. The van der Waals surface area contributed by atoms with Crippen molar-refractivity contribution in [2.75, 3.05) is 13.1 Å². The Hall–Kier alpha value is -1.00. The van der Waals surface area contributed by atoms with E-state index in [9.17, 15) is 0 Å². The molecule has 1 aliphatic heterocycles. The first-order valence-corrected chi connectivity index (χ1v) is 6.03. The number of oxazole rings is 1. The molecule has 3 nitrogen and oxygen atoms in total. The molecule has 1 atom stereocenters. The molecule has 2 heterocycles. The van der Waals surface area contributed by atoms with E-state index in [1.807, 2.05) is 24.3 Å². The Balaban J connectivity index is 1.84. The van der Waals surface area contributed by atoms with Gasteiger partial charge in [-0.2, -0.15) is 0 Å². The van der Waals surface area contributed by atoms with Gasteiger partial charge in [0, 0.05) is 11.8 Å². The third-order valence-electron chi connectivity index (χ3n) is 2.56. The number of aromatic nitrogens is 1. The van der Waals surface area contributed by atoms with Gasteiger partial charge >= 0.3 is 0 Å². The lowest BCUT2D eigenvalue weighted by molar-refractivity contribution is 0.488. The van der Waals surface area contributed by atoms with Gasteiger partial charge in [0.2, 0.25) is 0 Å². The summed E-state index contributed by atoms with van der Waals surface area (Å²) < 4.78 is 5.65. The number of fused-ring (bicyclic) bond motifs is 1. The lowest BCUT2D eigenvalue weighted by atomic mass is 10.3. The number of para-hydroxylation sites is 2. The van der Waals surface area contributed by atoms with Crippen LogP contribution >= 0.6 is 11.8 Å². The number of benzene rings is 1. The fourth-order valence-electron chi connectivity index (χ4n) is 1.77. The van der Waals surface area contributed by atoms with Crippen LogP contribution in [-0.4, -0.2) is 23.3 Å². The topological polar surface area (TPSA) is 38.1 Å². The lowest BCUT2D eigenvalue weighted by Crippen LogP contribution is -2.09. The normalized spacial score (nSPS) is 21.2. The van der Waals surface area contributed by atoms with Crippen LogP contribution in [0.3, 0.4) is 0 Å². The zero-order chi connectivity index (χ0) is 10.1. The maximum Gasteiger partial charge on any atom is 0.257 e. The average Bonchev–Trinajstić information content (AvgIpc) is 2.86. The quantitative estimate of drug-likeness (QED) is 0.842. The number of rotatable bonds is 2. The minimum absolute atomic E-state index is 0.609. The first-order valence-electron chi connectivity index (χ1n) is 5.15. The van der Waals surface area contributed by atoms with Crippen LogP contribution in [-0.2, 0) is 0 Å². The van der Waals surface area contributed by atoms with E-state index in [-0.39, 0.29) is 0 Å². The molecular weight excluding hydrogens is 208 g/mol. The molecule has 0 aliphatic carbocycles. The summed E-state index contributed by atoms with van der Waals surface area (Å²) in [5, 5.41) is 4.74. The van der Waals surface area contributed by atoms with Crippen molar-refractivity contribution in [2.24, 2.45) is 0 Å². The predicted octanol–water partition coefficient (Wildman–Crippen LogP) is 2.28. The van der Waals surface area contributed by atoms with Crippen molar-refractivity contribution in [1.29, 1.82) is 0 Å².